The Morgan fingerprint density at radius 2 is 1.78 bits per heavy atom. The lowest BCUT2D eigenvalue weighted by molar-refractivity contribution is -0.123. The molecule has 0 aromatic heterocycles. The van der Waals surface area contributed by atoms with E-state index in [1.807, 2.05) is 0 Å². The summed E-state index contributed by atoms with van der Waals surface area (Å²) in [5.74, 6) is 1.44. The van der Waals surface area contributed by atoms with Crippen LogP contribution in [0, 0.1) is 17.3 Å². The predicted molar refractivity (Wildman–Crippen MR) is 92.2 cm³/mol. The van der Waals surface area contributed by atoms with Gasteiger partial charge in [-0.2, -0.15) is 0 Å². The van der Waals surface area contributed by atoms with Gasteiger partial charge < -0.3 is 15.1 Å². The monoisotopic (exact) mass is 319 g/mol. The van der Waals surface area contributed by atoms with Gasteiger partial charge in [-0.25, -0.2) is 0 Å². The van der Waals surface area contributed by atoms with Gasteiger partial charge in [-0.15, -0.1) is 0 Å². The Labute approximate surface area is 141 Å². The highest BCUT2D eigenvalue weighted by atomic mass is 16.2. The van der Waals surface area contributed by atoms with Crippen LogP contribution in [0.1, 0.15) is 51.4 Å². The van der Waals surface area contributed by atoms with Crippen LogP contribution < -0.4 is 5.32 Å². The number of likely N-dealkylation sites (tertiary alicyclic amines) is 2. The third kappa shape index (κ3) is 3.30. The lowest BCUT2D eigenvalue weighted by Gasteiger charge is -2.41. The third-order valence-corrected chi connectivity index (χ3v) is 7.27. The van der Waals surface area contributed by atoms with Crippen LogP contribution in [0.4, 0.5) is 0 Å². The number of rotatable bonds is 4. The minimum atomic E-state index is 0.363. The van der Waals surface area contributed by atoms with Gasteiger partial charge in [-0.05, 0) is 89.5 Å². The molecule has 2 aliphatic carbocycles. The zero-order valence-electron chi connectivity index (χ0n) is 14.7. The maximum Gasteiger partial charge on any atom is 0.223 e. The minimum Gasteiger partial charge on any atom is -0.356 e. The van der Waals surface area contributed by atoms with E-state index in [-0.39, 0.29) is 0 Å². The Bertz CT molecular complexity index is 432. The van der Waals surface area contributed by atoms with Crippen molar-refractivity contribution < 1.29 is 4.79 Å². The van der Waals surface area contributed by atoms with Gasteiger partial charge in [0.1, 0.15) is 0 Å². The molecule has 0 bridgehead atoms. The van der Waals surface area contributed by atoms with Crippen LogP contribution in [-0.2, 0) is 4.79 Å². The first-order valence-electron chi connectivity index (χ1n) is 9.87. The summed E-state index contributed by atoms with van der Waals surface area (Å²) in [6, 6.07) is 0.812. The van der Waals surface area contributed by atoms with E-state index in [1.54, 1.807) is 0 Å². The quantitative estimate of drug-likeness (QED) is 0.862. The first kappa shape index (κ1) is 15.9. The average molecular weight is 319 g/mol. The van der Waals surface area contributed by atoms with Gasteiger partial charge in [0.2, 0.25) is 5.91 Å². The molecular formula is C19H33N3O. The van der Waals surface area contributed by atoms with Crippen LogP contribution >= 0.6 is 0 Å². The number of hydrogen-bond acceptors (Lipinski definition) is 3. The van der Waals surface area contributed by atoms with Crippen LogP contribution in [0.25, 0.3) is 0 Å². The van der Waals surface area contributed by atoms with Gasteiger partial charge in [0.05, 0.1) is 0 Å². The minimum absolute atomic E-state index is 0.363. The normalized spacial score (nSPS) is 32.7. The number of amides is 1. The molecule has 4 fully saturated rings. The molecule has 2 aliphatic heterocycles. The van der Waals surface area contributed by atoms with Crippen molar-refractivity contribution >= 4 is 5.91 Å². The van der Waals surface area contributed by atoms with Crippen molar-refractivity contribution in [1.29, 1.82) is 0 Å². The van der Waals surface area contributed by atoms with Gasteiger partial charge in [0.15, 0.2) is 0 Å². The molecule has 2 saturated carbocycles. The molecule has 23 heavy (non-hydrogen) atoms. The number of piperidine rings is 2. The Morgan fingerprint density at radius 1 is 1.09 bits per heavy atom. The molecule has 130 valence electrons. The fourth-order valence-electron chi connectivity index (χ4n) is 5.15. The number of carbonyl (C=O) groups excluding carboxylic acids is 1. The molecule has 1 amide bonds. The Hall–Kier alpha value is -0.610. The highest BCUT2D eigenvalue weighted by Gasteiger charge is 2.60. The molecule has 4 nitrogen and oxygen atoms in total. The summed E-state index contributed by atoms with van der Waals surface area (Å²) in [4.78, 5) is 17.4. The lowest BCUT2D eigenvalue weighted by atomic mass is 9.79. The first-order valence-corrected chi connectivity index (χ1v) is 9.87. The van der Waals surface area contributed by atoms with Crippen molar-refractivity contribution in [3.63, 3.8) is 0 Å². The summed E-state index contributed by atoms with van der Waals surface area (Å²) in [6.07, 6.45) is 10.3. The number of nitrogens with one attached hydrogen (secondary N) is 1. The summed E-state index contributed by atoms with van der Waals surface area (Å²) in [5.41, 5.74) is 0.474. The first-order chi connectivity index (χ1) is 11.2. The Morgan fingerprint density at radius 3 is 2.35 bits per heavy atom. The zero-order valence-corrected chi connectivity index (χ0v) is 14.7. The molecule has 1 spiro atoms. The van der Waals surface area contributed by atoms with E-state index in [4.69, 9.17) is 0 Å². The van der Waals surface area contributed by atoms with E-state index < -0.39 is 0 Å². The second-order valence-corrected chi connectivity index (χ2v) is 8.73. The maximum absolute atomic E-state index is 12.3. The standard InChI is InChI=1S/C19H33N3O/c1-21-9-5-16(6-10-21)22-11-3-15(4-12-22)14-20-18(23)17-13-19(17)7-2-8-19/h15-17H,2-14H2,1H3,(H,20,23). The number of carbonyl (C=O) groups is 1. The van der Waals surface area contributed by atoms with Crippen molar-refractivity contribution in [1.82, 2.24) is 15.1 Å². The average Bonchev–Trinajstić information content (AvgIpc) is 3.30. The fourth-order valence-corrected chi connectivity index (χ4v) is 5.15. The Balaban J connectivity index is 1.15. The van der Waals surface area contributed by atoms with E-state index >= 15 is 0 Å². The van der Waals surface area contributed by atoms with Gasteiger partial charge in [0.25, 0.3) is 0 Å². The highest BCUT2D eigenvalue weighted by Crippen LogP contribution is 2.65. The number of hydrogen-bond donors (Lipinski definition) is 1. The van der Waals surface area contributed by atoms with Crippen LogP contribution in [0.3, 0.4) is 0 Å². The summed E-state index contributed by atoms with van der Waals surface area (Å²) < 4.78 is 0. The van der Waals surface area contributed by atoms with E-state index in [2.05, 4.69) is 22.2 Å². The van der Waals surface area contributed by atoms with E-state index in [0.29, 0.717) is 23.2 Å². The van der Waals surface area contributed by atoms with E-state index in [1.165, 1.54) is 77.5 Å². The topological polar surface area (TPSA) is 35.6 Å². The summed E-state index contributed by atoms with van der Waals surface area (Å²) >= 11 is 0. The molecule has 0 aromatic rings. The second kappa shape index (κ2) is 6.36. The SMILES string of the molecule is CN1CCC(N2CCC(CNC(=O)C3CC34CCC4)CC2)CC1. The van der Waals surface area contributed by atoms with E-state index in [0.717, 1.165) is 12.6 Å². The fraction of sp³-hybridized carbons (Fsp3) is 0.947. The van der Waals surface area contributed by atoms with Crippen molar-refractivity contribution in [2.45, 2.75) is 57.4 Å². The van der Waals surface area contributed by atoms with Crippen LogP contribution in [0.5, 0.6) is 0 Å². The third-order valence-electron chi connectivity index (χ3n) is 7.27. The smallest absolute Gasteiger partial charge is 0.223 e. The molecule has 1 unspecified atom stereocenters. The molecule has 4 rings (SSSR count). The molecular weight excluding hydrogens is 286 g/mol. The lowest BCUT2D eigenvalue weighted by Crippen LogP contribution is -2.48. The van der Waals surface area contributed by atoms with Gasteiger partial charge in [0, 0.05) is 18.5 Å². The highest BCUT2D eigenvalue weighted by molar-refractivity contribution is 5.82. The summed E-state index contributed by atoms with van der Waals surface area (Å²) in [6.45, 7) is 5.91. The van der Waals surface area contributed by atoms with Crippen LogP contribution in [-0.4, -0.2) is 61.5 Å². The van der Waals surface area contributed by atoms with Gasteiger partial charge in [-0.3, -0.25) is 4.79 Å². The largest absolute Gasteiger partial charge is 0.356 e. The molecule has 0 radical (unpaired) electrons. The van der Waals surface area contributed by atoms with Gasteiger partial charge >= 0.3 is 0 Å². The van der Waals surface area contributed by atoms with Crippen molar-refractivity contribution in [3.05, 3.63) is 0 Å². The Kier molecular flexibility index (Phi) is 4.39. The van der Waals surface area contributed by atoms with Crippen LogP contribution in [0.2, 0.25) is 0 Å². The molecule has 0 aromatic carbocycles. The second-order valence-electron chi connectivity index (χ2n) is 8.73. The molecule has 2 heterocycles. The molecule has 4 heteroatoms. The van der Waals surface area contributed by atoms with Crippen molar-refractivity contribution in [3.8, 4) is 0 Å². The zero-order chi connectivity index (χ0) is 15.9. The van der Waals surface area contributed by atoms with Gasteiger partial charge in [-0.1, -0.05) is 6.42 Å². The van der Waals surface area contributed by atoms with Crippen molar-refractivity contribution in [2.75, 3.05) is 39.8 Å². The maximum atomic E-state index is 12.3. The van der Waals surface area contributed by atoms with Crippen molar-refractivity contribution in [2.24, 2.45) is 17.3 Å². The molecule has 4 aliphatic rings. The predicted octanol–water partition coefficient (Wildman–Crippen LogP) is 2.10. The summed E-state index contributed by atoms with van der Waals surface area (Å²) in [5, 5.41) is 3.27. The molecule has 1 N–H and O–H groups in total. The molecule has 1 atom stereocenters. The van der Waals surface area contributed by atoms with E-state index in [9.17, 15) is 4.79 Å². The summed E-state index contributed by atoms with van der Waals surface area (Å²) in [7, 11) is 2.23. The van der Waals surface area contributed by atoms with Crippen LogP contribution in [0.15, 0.2) is 0 Å². The molecule has 2 saturated heterocycles. The number of nitrogens with zero attached hydrogens (tertiary/aromatic N) is 2.